The van der Waals surface area contributed by atoms with Crippen molar-refractivity contribution in [2.75, 3.05) is 36.6 Å². The van der Waals surface area contributed by atoms with Crippen molar-refractivity contribution < 1.29 is 9.53 Å². The van der Waals surface area contributed by atoms with E-state index in [9.17, 15) is 14.4 Å². The number of anilines is 2. The molecule has 12 heteroatoms. The quantitative estimate of drug-likeness (QED) is 0.434. The van der Waals surface area contributed by atoms with Crippen molar-refractivity contribution in [3.05, 3.63) is 26.7 Å². The number of nitrogens with one attached hydrogen (secondary N) is 2. The number of methoxy groups -OCH3 is 1. The number of hydrogen-bond acceptors (Lipinski definition) is 8. The first kappa shape index (κ1) is 22.1. The van der Waals surface area contributed by atoms with Crippen LogP contribution in [0.25, 0.3) is 0 Å². The Hall–Kier alpha value is -2.60. The van der Waals surface area contributed by atoms with Gasteiger partial charge in [0.2, 0.25) is 11.1 Å². The fraction of sp³-hybridized carbons (Fsp3) is 0.611. The van der Waals surface area contributed by atoms with E-state index in [1.54, 1.807) is 0 Å². The predicted molar refractivity (Wildman–Crippen MR) is 114 cm³/mol. The fourth-order valence-electron chi connectivity index (χ4n) is 2.99. The molecule has 0 radical (unpaired) electrons. The number of carbonyl (C=O) groups excluding carboxylic acids is 1. The van der Waals surface area contributed by atoms with Gasteiger partial charge in [0.1, 0.15) is 11.6 Å². The average molecular weight is 438 g/mol. The summed E-state index contributed by atoms with van der Waals surface area (Å²) in [5.74, 6) is 0.903. The van der Waals surface area contributed by atoms with Crippen molar-refractivity contribution >= 4 is 29.2 Å². The summed E-state index contributed by atoms with van der Waals surface area (Å²) in [6.07, 6.45) is 3.76. The second-order valence-electron chi connectivity index (χ2n) is 7.10. The maximum Gasteiger partial charge on any atom is 0.330 e. The Morgan fingerprint density at radius 2 is 2.17 bits per heavy atom. The molecule has 3 rings (SSSR count). The first-order chi connectivity index (χ1) is 14.5. The van der Waals surface area contributed by atoms with Crippen molar-refractivity contribution in [2.45, 2.75) is 50.2 Å². The zero-order chi connectivity index (χ0) is 21.7. The van der Waals surface area contributed by atoms with Gasteiger partial charge in [-0.3, -0.25) is 24.2 Å². The Kier molecular flexibility index (Phi) is 7.32. The third-order valence-electron chi connectivity index (χ3n) is 4.81. The number of unbranched alkanes of at least 4 members (excludes halogenated alkanes) is 1. The molecule has 2 aromatic rings. The number of rotatable bonds is 11. The van der Waals surface area contributed by atoms with E-state index >= 15 is 0 Å². The van der Waals surface area contributed by atoms with Gasteiger partial charge in [-0.1, -0.05) is 25.1 Å². The molecule has 0 bridgehead atoms. The lowest BCUT2D eigenvalue weighted by atomic mass is 10.3. The number of nitrogens with two attached hydrogens (primary N) is 1. The molecule has 0 atom stereocenters. The van der Waals surface area contributed by atoms with Gasteiger partial charge in [0.25, 0.3) is 5.56 Å². The van der Waals surface area contributed by atoms with Crippen LogP contribution in [0.1, 0.15) is 44.3 Å². The van der Waals surface area contributed by atoms with E-state index in [2.05, 4.69) is 20.2 Å². The number of hydrogen-bond donors (Lipinski definition) is 3. The Balaban J connectivity index is 1.82. The van der Waals surface area contributed by atoms with Crippen LogP contribution in [0.5, 0.6) is 0 Å². The minimum atomic E-state index is -0.700. The maximum atomic E-state index is 13.0. The van der Waals surface area contributed by atoms with Gasteiger partial charge in [0.05, 0.1) is 12.4 Å². The number of aromatic amines is 2. The lowest BCUT2D eigenvalue weighted by molar-refractivity contribution is -0.116. The zero-order valence-corrected chi connectivity index (χ0v) is 18.0. The summed E-state index contributed by atoms with van der Waals surface area (Å²) in [5.41, 5.74) is 4.83. The molecule has 0 saturated heterocycles. The second kappa shape index (κ2) is 9.94. The van der Waals surface area contributed by atoms with E-state index in [1.807, 2.05) is 6.92 Å². The van der Waals surface area contributed by atoms with Crippen LogP contribution in [0.15, 0.2) is 14.7 Å². The van der Waals surface area contributed by atoms with E-state index in [4.69, 9.17) is 10.5 Å². The van der Waals surface area contributed by atoms with Crippen LogP contribution in [-0.2, 0) is 16.1 Å². The number of ether oxygens (including phenoxy) is 1. The molecule has 30 heavy (non-hydrogen) atoms. The average Bonchev–Trinajstić information content (AvgIpc) is 3.46. The number of carbonyl (C=O) groups is 1. The summed E-state index contributed by atoms with van der Waals surface area (Å²) < 4.78 is 6.38. The topological polar surface area (TPSA) is 152 Å². The van der Waals surface area contributed by atoms with Gasteiger partial charge in [0, 0.05) is 26.1 Å². The van der Waals surface area contributed by atoms with E-state index in [1.165, 1.54) is 28.3 Å². The number of nitrogens with zero attached hydrogens (tertiary/aromatic N) is 4. The molecule has 1 aliphatic carbocycles. The minimum Gasteiger partial charge on any atom is -0.383 e. The van der Waals surface area contributed by atoms with Crippen LogP contribution in [0, 0.1) is 0 Å². The molecule has 0 aliphatic heterocycles. The van der Waals surface area contributed by atoms with Crippen LogP contribution in [-0.4, -0.2) is 56.7 Å². The van der Waals surface area contributed by atoms with Gasteiger partial charge < -0.3 is 15.4 Å². The Morgan fingerprint density at radius 1 is 1.40 bits per heavy atom. The molecule has 4 N–H and O–H groups in total. The lowest BCUT2D eigenvalue weighted by Gasteiger charge is -2.24. The van der Waals surface area contributed by atoms with E-state index in [-0.39, 0.29) is 36.3 Å². The van der Waals surface area contributed by atoms with Crippen molar-refractivity contribution in [2.24, 2.45) is 0 Å². The van der Waals surface area contributed by atoms with E-state index in [0.717, 1.165) is 25.1 Å². The molecular weight excluding hydrogens is 410 g/mol. The molecule has 0 aromatic carbocycles. The minimum absolute atomic E-state index is 0.0125. The number of nitrogen functional groups attached to an aromatic ring is 1. The highest BCUT2D eigenvalue weighted by Gasteiger charge is 2.28. The van der Waals surface area contributed by atoms with Gasteiger partial charge in [-0.2, -0.15) is 0 Å². The molecule has 1 amide bonds. The largest absolute Gasteiger partial charge is 0.383 e. The number of amides is 1. The molecular formula is C18H27N7O4S. The van der Waals surface area contributed by atoms with Crippen LogP contribution < -0.4 is 21.9 Å². The molecule has 164 valence electrons. The van der Waals surface area contributed by atoms with Gasteiger partial charge in [-0.15, -0.1) is 5.10 Å². The van der Waals surface area contributed by atoms with Gasteiger partial charge >= 0.3 is 5.69 Å². The normalized spacial score (nSPS) is 13.5. The number of thioether (sulfide) groups is 1. The molecule has 2 heterocycles. The molecule has 0 spiro atoms. The third-order valence-corrected chi connectivity index (χ3v) is 5.64. The summed E-state index contributed by atoms with van der Waals surface area (Å²) in [6.45, 7) is 2.66. The predicted octanol–water partition coefficient (Wildman–Crippen LogP) is 0.686. The highest BCUT2D eigenvalue weighted by molar-refractivity contribution is 7.99. The Bertz CT molecular complexity index is 995. The van der Waals surface area contributed by atoms with Gasteiger partial charge in [0.15, 0.2) is 5.69 Å². The smallest absolute Gasteiger partial charge is 0.330 e. The summed E-state index contributed by atoms with van der Waals surface area (Å²) >= 11 is 1.18. The summed E-state index contributed by atoms with van der Waals surface area (Å²) in [5, 5.41) is 7.51. The molecule has 2 aromatic heterocycles. The monoisotopic (exact) mass is 437 g/mol. The molecule has 1 aliphatic rings. The van der Waals surface area contributed by atoms with Crippen molar-refractivity contribution in [1.82, 2.24) is 24.7 Å². The molecule has 11 nitrogen and oxygen atoms in total. The van der Waals surface area contributed by atoms with E-state index < -0.39 is 11.2 Å². The Labute approximate surface area is 177 Å². The molecule has 1 fully saturated rings. The molecule has 0 unspecified atom stereocenters. The first-order valence-corrected chi connectivity index (χ1v) is 10.9. The van der Waals surface area contributed by atoms with Crippen molar-refractivity contribution in [1.29, 1.82) is 0 Å². The summed E-state index contributed by atoms with van der Waals surface area (Å²) in [7, 11) is 1.50. The molecule has 1 saturated carbocycles. The van der Waals surface area contributed by atoms with Crippen LogP contribution in [0.4, 0.5) is 11.5 Å². The van der Waals surface area contributed by atoms with Crippen molar-refractivity contribution in [3.8, 4) is 0 Å². The van der Waals surface area contributed by atoms with Crippen molar-refractivity contribution in [3.63, 3.8) is 0 Å². The zero-order valence-electron chi connectivity index (χ0n) is 17.1. The summed E-state index contributed by atoms with van der Waals surface area (Å²) in [6, 6.07) is 0. The standard InChI is InChI=1S/C18H27N7O4S/c1-3-4-7-25-14(19)13(16(27)21-18(25)28)24(8-9-29-2)12(26)10-30-17-20-15(22-23-17)11-5-6-11/h11H,3-10,19H2,1-2H3,(H,20,22,23)(H,21,27,28). The summed E-state index contributed by atoms with van der Waals surface area (Å²) in [4.78, 5) is 45.6. The highest BCUT2D eigenvalue weighted by Crippen LogP contribution is 2.38. The SMILES string of the molecule is CCCCn1c(N)c(N(CCOC)C(=O)CSc2n[nH]c(C3CC3)n2)c(=O)[nH]c1=O. The second-order valence-corrected chi connectivity index (χ2v) is 8.05. The number of aromatic nitrogens is 5. The maximum absolute atomic E-state index is 13.0. The van der Waals surface area contributed by atoms with Gasteiger partial charge in [-0.25, -0.2) is 9.78 Å². The Morgan fingerprint density at radius 3 is 2.83 bits per heavy atom. The van der Waals surface area contributed by atoms with Crippen LogP contribution in [0.2, 0.25) is 0 Å². The first-order valence-electron chi connectivity index (χ1n) is 9.93. The third kappa shape index (κ3) is 5.11. The van der Waals surface area contributed by atoms with Crippen LogP contribution >= 0.6 is 11.8 Å². The lowest BCUT2D eigenvalue weighted by Crippen LogP contribution is -2.43. The fourth-order valence-corrected chi connectivity index (χ4v) is 3.67. The van der Waals surface area contributed by atoms with Crippen LogP contribution in [0.3, 0.4) is 0 Å². The van der Waals surface area contributed by atoms with Gasteiger partial charge in [-0.05, 0) is 19.3 Å². The van der Waals surface area contributed by atoms with E-state index in [0.29, 0.717) is 24.0 Å². The number of H-pyrrole nitrogens is 2. The highest BCUT2D eigenvalue weighted by atomic mass is 32.2.